The number of phenolic OH excluding ortho intramolecular Hbond substituents is 1. The Hall–Kier alpha value is -1.26. The van der Waals surface area contributed by atoms with E-state index in [1.807, 2.05) is 6.92 Å². The van der Waals surface area contributed by atoms with E-state index in [2.05, 4.69) is 5.32 Å². The number of nitrogens with zero attached hydrogens (tertiary/aromatic N) is 1. The topological polar surface area (TPSA) is 52.6 Å². The van der Waals surface area contributed by atoms with Gasteiger partial charge in [-0.1, -0.05) is 11.6 Å². The molecule has 1 saturated heterocycles. The second-order valence-electron chi connectivity index (χ2n) is 4.27. The van der Waals surface area contributed by atoms with E-state index in [0.717, 1.165) is 6.54 Å². The third-order valence-electron chi connectivity index (χ3n) is 2.84. The molecular weight excluding hydrogens is 240 g/mol. The fraction of sp³-hybridized carbons (Fsp3) is 0.417. The number of carbonyl (C=O) groups is 1. The number of halogens is 1. The minimum Gasteiger partial charge on any atom is -0.507 e. The smallest absolute Gasteiger partial charge is 0.257 e. The van der Waals surface area contributed by atoms with E-state index < -0.39 is 0 Å². The van der Waals surface area contributed by atoms with Crippen molar-refractivity contribution < 1.29 is 9.90 Å². The van der Waals surface area contributed by atoms with E-state index in [4.69, 9.17) is 11.6 Å². The molecule has 17 heavy (non-hydrogen) atoms. The number of nitrogens with one attached hydrogen (secondary N) is 1. The molecule has 5 heteroatoms. The highest BCUT2D eigenvalue weighted by molar-refractivity contribution is 6.31. The molecule has 0 saturated carbocycles. The maximum atomic E-state index is 12.2. The lowest BCUT2D eigenvalue weighted by molar-refractivity contribution is 0.0706. The van der Waals surface area contributed by atoms with E-state index in [1.165, 1.54) is 12.1 Å². The summed E-state index contributed by atoms with van der Waals surface area (Å²) < 4.78 is 0. The SMILES string of the molecule is CC1CN(C(=O)c2cc(Cl)ccc2O)CCN1. The molecule has 1 aliphatic heterocycles. The highest BCUT2D eigenvalue weighted by Crippen LogP contribution is 2.23. The zero-order valence-electron chi connectivity index (χ0n) is 9.61. The lowest BCUT2D eigenvalue weighted by Crippen LogP contribution is -2.51. The first-order valence-electron chi connectivity index (χ1n) is 5.59. The van der Waals surface area contributed by atoms with Crippen LogP contribution in [0.2, 0.25) is 5.02 Å². The van der Waals surface area contributed by atoms with Crippen molar-refractivity contribution in [2.24, 2.45) is 0 Å². The summed E-state index contributed by atoms with van der Waals surface area (Å²) in [7, 11) is 0. The zero-order chi connectivity index (χ0) is 12.4. The van der Waals surface area contributed by atoms with Crippen molar-refractivity contribution in [2.45, 2.75) is 13.0 Å². The van der Waals surface area contributed by atoms with Crippen LogP contribution in [0.3, 0.4) is 0 Å². The van der Waals surface area contributed by atoms with Gasteiger partial charge in [-0.3, -0.25) is 4.79 Å². The Morgan fingerprint density at radius 3 is 3.06 bits per heavy atom. The first-order valence-corrected chi connectivity index (χ1v) is 5.97. The van der Waals surface area contributed by atoms with Gasteiger partial charge in [0.15, 0.2) is 0 Å². The minimum absolute atomic E-state index is 0.0226. The predicted molar refractivity (Wildman–Crippen MR) is 66.5 cm³/mol. The Bertz CT molecular complexity index is 437. The summed E-state index contributed by atoms with van der Waals surface area (Å²) in [5.74, 6) is -0.191. The molecule has 0 aromatic heterocycles. The van der Waals surface area contributed by atoms with Gasteiger partial charge in [-0.05, 0) is 25.1 Å². The van der Waals surface area contributed by atoms with E-state index in [9.17, 15) is 9.90 Å². The van der Waals surface area contributed by atoms with Crippen LogP contribution in [-0.4, -0.2) is 41.6 Å². The van der Waals surface area contributed by atoms with E-state index in [0.29, 0.717) is 18.1 Å². The van der Waals surface area contributed by atoms with Gasteiger partial charge in [-0.2, -0.15) is 0 Å². The molecule has 1 aromatic rings. The Kier molecular flexibility index (Phi) is 3.54. The van der Waals surface area contributed by atoms with Gasteiger partial charge in [-0.15, -0.1) is 0 Å². The normalized spacial score (nSPS) is 20.4. The van der Waals surface area contributed by atoms with Crippen LogP contribution in [0, 0.1) is 0 Å². The molecule has 1 heterocycles. The van der Waals surface area contributed by atoms with Gasteiger partial charge in [-0.25, -0.2) is 0 Å². The fourth-order valence-corrected chi connectivity index (χ4v) is 2.14. The predicted octanol–water partition coefficient (Wildman–Crippen LogP) is 1.48. The number of phenols is 1. The number of piperazine rings is 1. The van der Waals surface area contributed by atoms with Crippen molar-refractivity contribution in [3.63, 3.8) is 0 Å². The molecule has 0 radical (unpaired) electrons. The number of amides is 1. The van der Waals surface area contributed by atoms with Gasteiger partial charge in [0.2, 0.25) is 0 Å². The van der Waals surface area contributed by atoms with Crippen molar-refractivity contribution in [3.05, 3.63) is 28.8 Å². The van der Waals surface area contributed by atoms with Crippen molar-refractivity contribution in [1.82, 2.24) is 10.2 Å². The van der Waals surface area contributed by atoms with Gasteiger partial charge < -0.3 is 15.3 Å². The number of hydrogen-bond acceptors (Lipinski definition) is 3. The monoisotopic (exact) mass is 254 g/mol. The third kappa shape index (κ3) is 2.70. The Labute approximate surface area is 105 Å². The molecule has 4 nitrogen and oxygen atoms in total. The summed E-state index contributed by atoms with van der Waals surface area (Å²) in [5.41, 5.74) is 0.270. The second kappa shape index (κ2) is 4.94. The maximum Gasteiger partial charge on any atom is 0.257 e. The molecule has 2 rings (SSSR count). The molecule has 1 atom stereocenters. The van der Waals surface area contributed by atoms with Crippen LogP contribution in [0.25, 0.3) is 0 Å². The van der Waals surface area contributed by atoms with Gasteiger partial charge >= 0.3 is 0 Å². The molecule has 0 spiro atoms. The van der Waals surface area contributed by atoms with Crippen molar-refractivity contribution in [3.8, 4) is 5.75 Å². The van der Waals surface area contributed by atoms with Crippen molar-refractivity contribution >= 4 is 17.5 Å². The van der Waals surface area contributed by atoms with Crippen LogP contribution < -0.4 is 5.32 Å². The van der Waals surface area contributed by atoms with Crippen LogP contribution in [0.15, 0.2) is 18.2 Å². The summed E-state index contributed by atoms with van der Waals surface area (Å²) in [6.45, 7) is 4.09. The molecule has 1 aromatic carbocycles. The van der Waals surface area contributed by atoms with Gasteiger partial charge in [0, 0.05) is 30.7 Å². The molecule has 92 valence electrons. The number of rotatable bonds is 1. The Balaban J connectivity index is 2.21. The van der Waals surface area contributed by atoms with Crippen LogP contribution in [0.1, 0.15) is 17.3 Å². The molecule has 0 bridgehead atoms. The average Bonchev–Trinajstić information content (AvgIpc) is 2.31. The van der Waals surface area contributed by atoms with Gasteiger partial charge in [0.1, 0.15) is 5.75 Å². The number of benzene rings is 1. The van der Waals surface area contributed by atoms with E-state index in [-0.39, 0.29) is 23.3 Å². The number of aromatic hydroxyl groups is 1. The highest BCUT2D eigenvalue weighted by Gasteiger charge is 2.23. The zero-order valence-corrected chi connectivity index (χ0v) is 10.4. The first-order chi connectivity index (χ1) is 8.08. The molecule has 1 unspecified atom stereocenters. The molecule has 1 amide bonds. The van der Waals surface area contributed by atoms with Crippen LogP contribution >= 0.6 is 11.6 Å². The summed E-state index contributed by atoms with van der Waals surface area (Å²) in [5, 5.41) is 13.4. The maximum absolute atomic E-state index is 12.2. The molecule has 0 aliphatic carbocycles. The lowest BCUT2D eigenvalue weighted by Gasteiger charge is -2.32. The largest absolute Gasteiger partial charge is 0.507 e. The van der Waals surface area contributed by atoms with E-state index >= 15 is 0 Å². The Morgan fingerprint density at radius 1 is 1.59 bits per heavy atom. The van der Waals surface area contributed by atoms with Crippen LogP contribution in [-0.2, 0) is 0 Å². The lowest BCUT2D eigenvalue weighted by atomic mass is 10.1. The van der Waals surface area contributed by atoms with Gasteiger partial charge in [0.25, 0.3) is 5.91 Å². The van der Waals surface area contributed by atoms with E-state index in [1.54, 1.807) is 11.0 Å². The van der Waals surface area contributed by atoms with Gasteiger partial charge in [0.05, 0.1) is 5.56 Å². The van der Waals surface area contributed by atoms with Crippen molar-refractivity contribution in [1.29, 1.82) is 0 Å². The number of hydrogen-bond donors (Lipinski definition) is 2. The van der Waals surface area contributed by atoms with Crippen LogP contribution in [0.4, 0.5) is 0 Å². The number of carbonyl (C=O) groups excluding carboxylic acids is 1. The quantitative estimate of drug-likeness (QED) is 0.798. The second-order valence-corrected chi connectivity index (χ2v) is 4.70. The summed E-state index contributed by atoms with van der Waals surface area (Å²) in [4.78, 5) is 13.9. The standard InChI is InChI=1S/C12H15ClN2O2/c1-8-7-15(5-4-14-8)12(17)10-6-9(13)2-3-11(10)16/h2-3,6,8,14,16H,4-5,7H2,1H3. The summed E-state index contributed by atoms with van der Waals surface area (Å²) >= 11 is 5.83. The minimum atomic E-state index is -0.168. The fourth-order valence-electron chi connectivity index (χ4n) is 1.97. The molecule has 1 aliphatic rings. The third-order valence-corrected chi connectivity index (χ3v) is 3.08. The molecule has 2 N–H and O–H groups in total. The Morgan fingerprint density at radius 2 is 2.35 bits per heavy atom. The van der Waals surface area contributed by atoms with Crippen LogP contribution in [0.5, 0.6) is 5.75 Å². The highest BCUT2D eigenvalue weighted by atomic mass is 35.5. The average molecular weight is 255 g/mol. The molecule has 1 fully saturated rings. The summed E-state index contributed by atoms with van der Waals surface area (Å²) in [6, 6.07) is 4.79. The summed E-state index contributed by atoms with van der Waals surface area (Å²) in [6.07, 6.45) is 0. The molecular formula is C12H15ClN2O2. The first kappa shape index (κ1) is 12.2. The van der Waals surface area contributed by atoms with Crippen molar-refractivity contribution in [2.75, 3.05) is 19.6 Å².